The molecule has 90 valence electrons. The van der Waals surface area contributed by atoms with Gasteiger partial charge in [-0.1, -0.05) is 18.2 Å². The van der Waals surface area contributed by atoms with Gasteiger partial charge in [-0.25, -0.2) is 4.68 Å². The second-order valence-electron chi connectivity index (χ2n) is 3.42. The lowest BCUT2D eigenvalue weighted by molar-refractivity contribution is -0.142. The van der Waals surface area contributed by atoms with Crippen molar-refractivity contribution < 1.29 is 18.3 Å². The molecule has 0 bridgehead atoms. The zero-order chi connectivity index (χ0) is 12.5. The SMILES string of the molecule is OCc1cc(C(F)(F)F)n(-c2ccccc2)n1. The molecule has 0 aliphatic carbocycles. The molecule has 0 amide bonds. The quantitative estimate of drug-likeness (QED) is 0.878. The number of aromatic nitrogens is 2. The number of hydrogen-bond acceptors (Lipinski definition) is 2. The van der Waals surface area contributed by atoms with Gasteiger partial charge in [0.2, 0.25) is 0 Å². The van der Waals surface area contributed by atoms with Crippen LogP contribution < -0.4 is 0 Å². The second-order valence-corrected chi connectivity index (χ2v) is 3.42. The van der Waals surface area contributed by atoms with Crippen LogP contribution in [0.25, 0.3) is 5.69 Å². The Hall–Kier alpha value is -1.82. The van der Waals surface area contributed by atoms with Crippen molar-refractivity contribution in [1.82, 2.24) is 9.78 Å². The van der Waals surface area contributed by atoms with E-state index in [1.807, 2.05) is 0 Å². The number of alkyl halides is 3. The molecule has 1 N–H and O–H groups in total. The van der Waals surface area contributed by atoms with Gasteiger partial charge in [-0.15, -0.1) is 0 Å². The minimum atomic E-state index is -4.50. The smallest absolute Gasteiger partial charge is 0.390 e. The number of aliphatic hydroxyl groups excluding tert-OH is 1. The third-order valence-corrected chi connectivity index (χ3v) is 2.21. The van der Waals surface area contributed by atoms with E-state index in [0.29, 0.717) is 5.69 Å². The highest BCUT2D eigenvalue weighted by Gasteiger charge is 2.36. The number of halogens is 3. The number of aliphatic hydroxyl groups is 1. The summed E-state index contributed by atoms with van der Waals surface area (Å²) < 4.78 is 39.0. The van der Waals surface area contributed by atoms with E-state index in [1.165, 1.54) is 12.1 Å². The summed E-state index contributed by atoms with van der Waals surface area (Å²) in [6, 6.07) is 8.82. The van der Waals surface area contributed by atoms with Crippen molar-refractivity contribution in [3.05, 3.63) is 47.8 Å². The van der Waals surface area contributed by atoms with Crippen LogP contribution in [0.5, 0.6) is 0 Å². The lowest BCUT2D eigenvalue weighted by atomic mass is 10.3. The number of hydrogen-bond donors (Lipinski definition) is 1. The number of nitrogens with zero attached hydrogens (tertiary/aromatic N) is 2. The average molecular weight is 242 g/mol. The largest absolute Gasteiger partial charge is 0.433 e. The normalized spacial score (nSPS) is 11.8. The highest BCUT2D eigenvalue weighted by Crippen LogP contribution is 2.31. The predicted octanol–water partition coefficient (Wildman–Crippen LogP) is 2.38. The molecule has 0 spiro atoms. The van der Waals surface area contributed by atoms with Crippen molar-refractivity contribution in [2.45, 2.75) is 12.8 Å². The number of benzene rings is 1. The van der Waals surface area contributed by atoms with Crippen molar-refractivity contribution in [3.8, 4) is 5.69 Å². The van der Waals surface area contributed by atoms with E-state index in [1.54, 1.807) is 18.2 Å². The number of rotatable bonds is 2. The summed E-state index contributed by atoms with van der Waals surface area (Å²) in [5.74, 6) is 0. The molecule has 0 fully saturated rings. The van der Waals surface area contributed by atoms with E-state index in [-0.39, 0.29) is 5.69 Å². The Labute approximate surface area is 95.1 Å². The lowest BCUT2D eigenvalue weighted by Gasteiger charge is -2.09. The molecule has 1 aromatic carbocycles. The Bertz CT molecular complexity index is 505. The Balaban J connectivity index is 2.57. The molecule has 1 heterocycles. The van der Waals surface area contributed by atoms with E-state index >= 15 is 0 Å². The first-order valence-electron chi connectivity index (χ1n) is 4.85. The average Bonchev–Trinajstić information content (AvgIpc) is 2.74. The third-order valence-electron chi connectivity index (χ3n) is 2.21. The molecule has 1 aromatic heterocycles. The van der Waals surface area contributed by atoms with Gasteiger partial charge < -0.3 is 5.11 Å². The molecule has 0 saturated carbocycles. The summed E-state index contributed by atoms with van der Waals surface area (Å²) in [4.78, 5) is 0. The topological polar surface area (TPSA) is 38.0 Å². The van der Waals surface area contributed by atoms with Gasteiger partial charge >= 0.3 is 6.18 Å². The summed E-state index contributed by atoms with van der Waals surface area (Å²) in [5.41, 5.74) is -0.603. The van der Waals surface area contributed by atoms with Gasteiger partial charge in [0.05, 0.1) is 18.0 Å². The van der Waals surface area contributed by atoms with E-state index in [2.05, 4.69) is 5.10 Å². The summed E-state index contributed by atoms with van der Waals surface area (Å²) in [6.45, 7) is -0.525. The van der Waals surface area contributed by atoms with Crippen LogP contribution in [0.15, 0.2) is 36.4 Å². The van der Waals surface area contributed by atoms with E-state index in [9.17, 15) is 13.2 Å². The van der Waals surface area contributed by atoms with Gasteiger partial charge in [0.1, 0.15) is 5.69 Å². The first-order chi connectivity index (χ1) is 8.02. The van der Waals surface area contributed by atoms with Gasteiger partial charge in [-0.3, -0.25) is 0 Å². The van der Waals surface area contributed by atoms with E-state index in [4.69, 9.17) is 5.11 Å². The van der Waals surface area contributed by atoms with Gasteiger partial charge in [-0.2, -0.15) is 18.3 Å². The molecule has 2 aromatic rings. The van der Waals surface area contributed by atoms with Crippen molar-refractivity contribution >= 4 is 0 Å². The van der Waals surface area contributed by atoms with Crippen LogP contribution in [0.4, 0.5) is 13.2 Å². The molecule has 0 radical (unpaired) electrons. The molecule has 0 saturated heterocycles. The van der Waals surface area contributed by atoms with Crippen molar-refractivity contribution in [3.63, 3.8) is 0 Å². The van der Waals surface area contributed by atoms with Crippen molar-refractivity contribution in [2.24, 2.45) is 0 Å². The summed E-state index contributed by atoms with van der Waals surface area (Å²) in [6.07, 6.45) is -4.50. The van der Waals surface area contributed by atoms with Crippen LogP contribution in [0, 0.1) is 0 Å². The first-order valence-corrected chi connectivity index (χ1v) is 4.85. The highest BCUT2D eigenvalue weighted by molar-refractivity contribution is 5.34. The predicted molar refractivity (Wildman–Crippen MR) is 54.5 cm³/mol. The fourth-order valence-electron chi connectivity index (χ4n) is 1.48. The standard InChI is InChI=1S/C11H9F3N2O/c12-11(13,14)10-6-8(7-17)15-16(10)9-4-2-1-3-5-9/h1-6,17H,7H2. The van der Waals surface area contributed by atoms with Gasteiger partial charge in [0.15, 0.2) is 0 Å². The highest BCUT2D eigenvalue weighted by atomic mass is 19.4. The zero-order valence-corrected chi connectivity index (χ0v) is 8.65. The summed E-state index contributed by atoms with van der Waals surface area (Å²) >= 11 is 0. The van der Waals surface area contributed by atoms with Crippen molar-refractivity contribution in [1.29, 1.82) is 0 Å². The fraction of sp³-hybridized carbons (Fsp3) is 0.182. The van der Waals surface area contributed by atoms with Crippen LogP contribution in [-0.2, 0) is 12.8 Å². The minimum absolute atomic E-state index is 0.0128. The Morgan fingerprint density at radius 2 is 1.82 bits per heavy atom. The molecule has 0 atom stereocenters. The maximum Gasteiger partial charge on any atom is 0.433 e. The third kappa shape index (κ3) is 2.31. The molecule has 0 aliphatic heterocycles. The van der Waals surface area contributed by atoms with Gasteiger partial charge in [-0.05, 0) is 18.2 Å². The monoisotopic (exact) mass is 242 g/mol. The van der Waals surface area contributed by atoms with Crippen molar-refractivity contribution in [2.75, 3.05) is 0 Å². The van der Waals surface area contributed by atoms with Crippen LogP contribution in [-0.4, -0.2) is 14.9 Å². The van der Waals surface area contributed by atoms with E-state index < -0.39 is 18.5 Å². The van der Waals surface area contributed by atoms with E-state index in [0.717, 1.165) is 10.7 Å². The fourth-order valence-corrected chi connectivity index (χ4v) is 1.48. The molecule has 0 aliphatic rings. The second kappa shape index (κ2) is 4.21. The van der Waals surface area contributed by atoms with Crippen LogP contribution in [0.2, 0.25) is 0 Å². The Kier molecular flexibility index (Phi) is 2.89. The summed E-state index contributed by atoms with van der Waals surface area (Å²) in [7, 11) is 0. The van der Waals surface area contributed by atoms with Crippen LogP contribution in [0.3, 0.4) is 0 Å². The Morgan fingerprint density at radius 3 is 2.35 bits per heavy atom. The molecule has 6 heteroatoms. The lowest BCUT2D eigenvalue weighted by Crippen LogP contribution is -2.13. The number of para-hydroxylation sites is 1. The molecular weight excluding hydrogens is 233 g/mol. The van der Waals surface area contributed by atoms with Gasteiger partial charge in [0.25, 0.3) is 0 Å². The van der Waals surface area contributed by atoms with Gasteiger partial charge in [0, 0.05) is 0 Å². The summed E-state index contributed by atoms with van der Waals surface area (Å²) in [5, 5.41) is 12.6. The molecule has 3 nitrogen and oxygen atoms in total. The molecule has 0 unspecified atom stereocenters. The Morgan fingerprint density at radius 1 is 1.18 bits per heavy atom. The maximum atomic E-state index is 12.7. The minimum Gasteiger partial charge on any atom is -0.390 e. The first kappa shape index (κ1) is 11.7. The van der Waals surface area contributed by atoms with Crippen LogP contribution >= 0.6 is 0 Å². The zero-order valence-electron chi connectivity index (χ0n) is 8.65. The molecule has 17 heavy (non-hydrogen) atoms. The maximum absolute atomic E-state index is 12.7. The molecular formula is C11H9F3N2O. The molecule has 2 rings (SSSR count). The van der Waals surface area contributed by atoms with Crippen LogP contribution in [0.1, 0.15) is 11.4 Å².